The molecule has 2 aromatic rings. The van der Waals surface area contributed by atoms with Crippen molar-refractivity contribution in [2.75, 3.05) is 18.4 Å². The molecule has 0 aliphatic heterocycles. The number of benzene rings is 2. The van der Waals surface area contributed by atoms with Crippen LogP contribution in [0.25, 0.3) is 0 Å². The number of rotatable bonds is 10. The number of anilines is 1. The lowest BCUT2D eigenvalue weighted by Gasteiger charge is -2.29. The standard InChI is InChI=1S/C26H35N3O2/c1-19(2)29(17-22-8-6-5-7-9-22)26(31)14-15-28(23-12-13-23)18-25(30)27-24-16-20(3)10-11-21(24)4/h5-11,16,19,23H,12-15,17-18H2,1-4H3,(H,27,30). The summed E-state index contributed by atoms with van der Waals surface area (Å²) in [5.74, 6) is 0.123. The summed E-state index contributed by atoms with van der Waals surface area (Å²) in [6, 6.07) is 16.7. The zero-order chi connectivity index (χ0) is 22.4. The molecule has 0 aromatic heterocycles. The zero-order valence-corrected chi connectivity index (χ0v) is 19.2. The Balaban J connectivity index is 1.56. The number of aryl methyl sites for hydroxylation is 2. The van der Waals surface area contributed by atoms with Gasteiger partial charge in [0.1, 0.15) is 0 Å². The summed E-state index contributed by atoms with van der Waals surface area (Å²) in [5, 5.41) is 3.05. The van der Waals surface area contributed by atoms with Gasteiger partial charge in [-0.2, -0.15) is 0 Å². The molecule has 1 aliphatic rings. The first-order valence-electron chi connectivity index (χ1n) is 11.3. The van der Waals surface area contributed by atoms with Gasteiger partial charge in [0.2, 0.25) is 11.8 Å². The van der Waals surface area contributed by atoms with Crippen LogP contribution in [-0.4, -0.2) is 46.8 Å². The molecule has 3 rings (SSSR count). The maximum Gasteiger partial charge on any atom is 0.238 e. The predicted octanol–water partition coefficient (Wildman–Crippen LogP) is 4.53. The minimum Gasteiger partial charge on any atom is -0.336 e. The first-order chi connectivity index (χ1) is 14.8. The number of carbonyl (C=O) groups excluding carboxylic acids is 2. The fourth-order valence-electron chi connectivity index (χ4n) is 3.80. The molecule has 1 fully saturated rings. The maximum atomic E-state index is 13.0. The highest BCUT2D eigenvalue weighted by atomic mass is 16.2. The van der Waals surface area contributed by atoms with E-state index < -0.39 is 0 Å². The van der Waals surface area contributed by atoms with Crippen molar-refractivity contribution in [2.24, 2.45) is 0 Å². The Labute approximate surface area is 186 Å². The van der Waals surface area contributed by atoms with Crippen LogP contribution in [0.4, 0.5) is 5.69 Å². The minimum atomic E-state index is -0.0157. The number of hydrogen-bond donors (Lipinski definition) is 1. The van der Waals surface area contributed by atoms with Crippen LogP contribution in [-0.2, 0) is 16.1 Å². The van der Waals surface area contributed by atoms with E-state index in [4.69, 9.17) is 0 Å². The largest absolute Gasteiger partial charge is 0.336 e. The van der Waals surface area contributed by atoms with Gasteiger partial charge in [0, 0.05) is 37.3 Å². The number of nitrogens with zero attached hydrogens (tertiary/aromatic N) is 2. The van der Waals surface area contributed by atoms with Crippen molar-refractivity contribution in [3.63, 3.8) is 0 Å². The molecule has 31 heavy (non-hydrogen) atoms. The summed E-state index contributed by atoms with van der Waals surface area (Å²) in [6.45, 7) is 9.68. The topological polar surface area (TPSA) is 52.7 Å². The summed E-state index contributed by atoms with van der Waals surface area (Å²) < 4.78 is 0. The normalized spacial score (nSPS) is 13.5. The van der Waals surface area contributed by atoms with Crippen molar-refractivity contribution in [2.45, 2.75) is 65.6 Å². The molecule has 1 N–H and O–H groups in total. The van der Waals surface area contributed by atoms with Crippen molar-refractivity contribution in [3.8, 4) is 0 Å². The lowest BCUT2D eigenvalue weighted by molar-refractivity contribution is -0.134. The van der Waals surface area contributed by atoms with Crippen molar-refractivity contribution >= 4 is 17.5 Å². The third-order valence-corrected chi connectivity index (χ3v) is 5.83. The molecule has 2 amide bonds. The molecule has 0 unspecified atom stereocenters. The smallest absolute Gasteiger partial charge is 0.238 e. The molecule has 0 saturated heterocycles. The monoisotopic (exact) mass is 421 g/mol. The van der Waals surface area contributed by atoms with Gasteiger partial charge in [0.25, 0.3) is 0 Å². The van der Waals surface area contributed by atoms with Crippen LogP contribution in [0.15, 0.2) is 48.5 Å². The summed E-state index contributed by atoms with van der Waals surface area (Å²) in [7, 11) is 0. The fourth-order valence-corrected chi connectivity index (χ4v) is 3.80. The molecule has 5 nitrogen and oxygen atoms in total. The molecular formula is C26H35N3O2. The molecule has 0 atom stereocenters. The molecule has 2 aromatic carbocycles. The highest BCUT2D eigenvalue weighted by molar-refractivity contribution is 5.93. The van der Waals surface area contributed by atoms with Gasteiger partial charge in [0.05, 0.1) is 6.54 Å². The van der Waals surface area contributed by atoms with Crippen LogP contribution in [0.3, 0.4) is 0 Å². The maximum absolute atomic E-state index is 13.0. The molecular weight excluding hydrogens is 386 g/mol. The van der Waals surface area contributed by atoms with Crippen molar-refractivity contribution in [1.29, 1.82) is 0 Å². The summed E-state index contributed by atoms with van der Waals surface area (Å²) in [6.07, 6.45) is 2.63. The van der Waals surface area contributed by atoms with Crippen LogP contribution < -0.4 is 5.32 Å². The molecule has 1 saturated carbocycles. The SMILES string of the molecule is Cc1ccc(C)c(NC(=O)CN(CCC(=O)N(Cc2ccccc2)C(C)C)C2CC2)c1. The van der Waals surface area contributed by atoms with Gasteiger partial charge >= 0.3 is 0 Å². The Morgan fingerprint density at radius 3 is 2.42 bits per heavy atom. The Kier molecular flexibility index (Phi) is 7.85. The Morgan fingerprint density at radius 1 is 1.06 bits per heavy atom. The average Bonchev–Trinajstić information content (AvgIpc) is 3.57. The van der Waals surface area contributed by atoms with E-state index in [-0.39, 0.29) is 17.9 Å². The highest BCUT2D eigenvalue weighted by Gasteiger charge is 2.31. The molecule has 5 heteroatoms. The quantitative estimate of drug-likeness (QED) is 0.613. The highest BCUT2D eigenvalue weighted by Crippen LogP contribution is 2.27. The van der Waals surface area contributed by atoms with E-state index in [1.807, 2.05) is 55.1 Å². The van der Waals surface area contributed by atoms with Crippen LogP contribution in [0, 0.1) is 13.8 Å². The number of nitrogens with one attached hydrogen (secondary N) is 1. The Morgan fingerprint density at radius 2 is 1.77 bits per heavy atom. The molecule has 0 spiro atoms. The van der Waals surface area contributed by atoms with E-state index in [1.54, 1.807) is 0 Å². The number of carbonyl (C=O) groups is 2. The van der Waals surface area contributed by atoms with Gasteiger partial charge in [-0.05, 0) is 63.3 Å². The Bertz CT molecular complexity index is 891. The van der Waals surface area contributed by atoms with Crippen molar-refractivity contribution < 1.29 is 9.59 Å². The van der Waals surface area contributed by atoms with Crippen molar-refractivity contribution in [1.82, 2.24) is 9.80 Å². The predicted molar refractivity (Wildman–Crippen MR) is 126 cm³/mol. The van der Waals surface area contributed by atoms with Crippen LogP contribution in [0.2, 0.25) is 0 Å². The summed E-state index contributed by atoms with van der Waals surface area (Å²) in [5.41, 5.74) is 4.18. The average molecular weight is 422 g/mol. The van der Waals surface area contributed by atoms with Gasteiger partial charge in [-0.1, -0.05) is 42.5 Å². The minimum absolute atomic E-state index is 0.0157. The second kappa shape index (κ2) is 10.6. The van der Waals surface area contributed by atoms with Crippen LogP contribution in [0.5, 0.6) is 0 Å². The third kappa shape index (κ3) is 6.93. The van der Waals surface area contributed by atoms with E-state index in [1.165, 1.54) is 0 Å². The van der Waals surface area contributed by atoms with Gasteiger partial charge in [-0.15, -0.1) is 0 Å². The molecule has 0 bridgehead atoms. The van der Waals surface area contributed by atoms with Gasteiger partial charge in [-0.25, -0.2) is 0 Å². The summed E-state index contributed by atoms with van der Waals surface area (Å²) >= 11 is 0. The molecule has 166 valence electrons. The fraction of sp³-hybridized carbons (Fsp3) is 0.462. The number of amides is 2. The van der Waals surface area contributed by atoms with E-state index >= 15 is 0 Å². The van der Waals surface area contributed by atoms with Gasteiger partial charge in [-0.3, -0.25) is 14.5 Å². The lowest BCUT2D eigenvalue weighted by Crippen LogP contribution is -2.41. The molecule has 0 radical (unpaired) electrons. The second-order valence-electron chi connectivity index (χ2n) is 8.92. The van der Waals surface area contributed by atoms with E-state index in [9.17, 15) is 9.59 Å². The molecule has 1 aliphatic carbocycles. The molecule has 0 heterocycles. The van der Waals surface area contributed by atoms with E-state index in [0.29, 0.717) is 32.1 Å². The first-order valence-corrected chi connectivity index (χ1v) is 11.3. The van der Waals surface area contributed by atoms with Crippen LogP contribution in [0.1, 0.15) is 49.8 Å². The lowest BCUT2D eigenvalue weighted by atomic mass is 10.1. The van der Waals surface area contributed by atoms with E-state index in [2.05, 4.69) is 36.2 Å². The van der Waals surface area contributed by atoms with Crippen molar-refractivity contribution in [3.05, 3.63) is 65.2 Å². The van der Waals surface area contributed by atoms with Crippen LogP contribution >= 0.6 is 0 Å². The second-order valence-corrected chi connectivity index (χ2v) is 8.92. The Hall–Kier alpha value is -2.66. The summed E-state index contributed by atoms with van der Waals surface area (Å²) in [4.78, 5) is 29.8. The third-order valence-electron chi connectivity index (χ3n) is 5.83. The van der Waals surface area contributed by atoms with Gasteiger partial charge in [0.15, 0.2) is 0 Å². The van der Waals surface area contributed by atoms with E-state index in [0.717, 1.165) is 35.2 Å². The number of hydrogen-bond acceptors (Lipinski definition) is 3. The zero-order valence-electron chi connectivity index (χ0n) is 19.2. The first kappa shape index (κ1) is 23.0. The van der Waals surface area contributed by atoms with Gasteiger partial charge < -0.3 is 10.2 Å².